The SMILES string of the molecule is COC1(C)CC(NC(=O)N(CCO)Cc2ccccc2)C1(C)C. The van der Waals surface area contributed by atoms with Gasteiger partial charge in [-0.05, 0) is 18.9 Å². The van der Waals surface area contributed by atoms with Crippen molar-refractivity contribution in [2.45, 2.75) is 45.4 Å². The predicted octanol–water partition coefficient (Wildman–Crippen LogP) is 2.39. The van der Waals surface area contributed by atoms with Crippen LogP contribution in [0.3, 0.4) is 0 Å². The smallest absolute Gasteiger partial charge is 0.318 e. The summed E-state index contributed by atoms with van der Waals surface area (Å²) in [7, 11) is 1.72. The van der Waals surface area contributed by atoms with Crippen LogP contribution >= 0.6 is 0 Å². The summed E-state index contributed by atoms with van der Waals surface area (Å²) in [6.45, 7) is 7.05. The lowest BCUT2D eigenvalue weighted by Gasteiger charge is -2.59. The van der Waals surface area contributed by atoms with E-state index in [1.807, 2.05) is 30.3 Å². The number of rotatable bonds is 6. The van der Waals surface area contributed by atoms with Gasteiger partial charge < -0.3 is 20.1 Å². The highest BCUT2D eigenvalue weighted by molar-refractivity contribution is 5.75. The summed E-state index contributed by atoms with van der Waals surface area (Å²) in [6, 6.07) is 9.73. The van der Waals surface area contributed by atoms with Crippen molar-refractivity contribution in [2.75, 3.05) is 20.3 Å². The number of nitrogens with one attached hydrogen (secondary N) is 1. The lowest BCUT2D eigenvalue weighted by Crippen LogP contribution is -2.69. The zero-order valence-corrected chi connectivity index (χ0v) is 14.5. The largest absolute Gasteiger partial charge is 0.395 e. The van der Waals surface area contributed by atoms with Crippen molar-refractivity contribution >= 4 is 6.03 Å². The van der Waals surface area contributed by atoms with Gasteiger partial charge in [-0.25, -0.2) is 4.79 Å². The normalized spacial score (nSPS) is 25.5. The molecule has 1 aromatic carbocycles. The van der Waals surface area contributed by atoms with Gasteiger partial charge in [-0.15, -0.1) is 0 Å². The highest BCUT2D eigenvalue weighted by Crippen LogP contribution is 2.51. The molecule has 5 heteroatoms. The molecule has 128 valence electrons. The van der Waals surface area contributed by atoms with Crippen LogP contribution in [0.5, 0.6) is 0 Å². The van der Waals surface area contributed by atoms with Gasteiger partial charge in [-0.2, -0.15) is 0 Å². The van der Waals surface area contributed by atoms with Gasteiger partial charge in [0.05, 0.1) is 12.2 Å². The zero-order chi connectivity index (χ0) is 17.1. The summed E-state index contributed by atoms with van der Waals surface area (Å²) in [6.07, 6.45) is 0.792. The zero-order valence-electron chi connectivity index (χ0n) is 14.5. The van der Waals surface area contributed by atoms with Crippen LogP contribution in [0.25, 0.3) is 0 Å². The number of ether oxygens (including phenoxy) is 1. The minimum atomic E-state index is -0.216. The van der Waals surface area contributed by atoms with Crippen molar-refractivity contribution in [3.63, 3.8) is 0 Å². The van der Waals surface area contributed by atoms with E-state index < -0.39 is 0 Å². The topological polar surface area (TPSA) is 61.8 Å². The molecule has 0 bridgehead atoms. The summed E-state index contributed by atoms with van der Waals surface area (Å²) in [5.74, 6) is 0. The molecule has 2 atom stereocenters. The molecule has 2 unspecified atom stereocenters. The lowest BCUT2D eigenvalue weighted by atomic mass is 9.56. The molecular formula is C18H28N2O3. The Hall–Kier alpha value is -1.59. The molecule has 0 saturated heterocycles. The molecule has 1 saturated carbocycles. The molecule has 0 heterocycles. The van der Waals surface area contributed by atoms with Crippen molar-refractivity contribution in [2.24, 2.45) is 5.41 Å². The summed E-state index contributed by atoms with van der Waals surface area (Å²) < 4.78 is 5.60. The first-order valence-electron chi connectivity index (χ1n) is 8.09. The second-order valence-corrected chi connectivity index (χ2v) is 6.99. The fourth-order valence-corrected chi connectivity index (χ4v) is 3.14. The second-order valence-electron chi connectivity index (χ2n) is 6.99. The van der Waals surface area contributed by atoms with E-state index in [1.165, 1.54) is 0 Å². The molecule has 2 rings (SSSR count). The van der Waals surface area contributed by atoms with Crippen LogP contribution in [0.2, 0.25) is 0 Å². The number of benzene rings is 1. The molecular weight excluding hydrogens is 292 g/mol. The molecule has 0 aliphatic heterocycles. The Labute approximate surface area is 138 Å². The second kappa shape index (κ2) is 6.89. The minimum Gasteiger partial charge on any atom is -0.395 e. The van der Waals surface area contributed by atoms with Gasteiger partial charge in [0.1, 0.15) is 0 Å². The summed E-state index contributed by atoms with van der Waals surface area (Å²) in [5.41, 5.74) is 0.701. The number of hydrogen-bond donors (Lipinski definition) is 2. The van der Waals surface area contributed by atoms with Crippen molar-refractivity contribution in [1.29, 1.82) is 0 Å². The van der Waals surface area contributed by atoms with E-state index in [0.717, 1.165) is 12.0 Å². The number of carbonyl (C=O) groups excluding carboxylic acids is 1. The van der Waals surface area contributed by atoms with Gasteiger partial charge in [0, 0.05) is 31.7 Å². The monoisotopic (exact) mass is 320 g/mol. The fraction of sp³-hybridized carbons (Fsp3) is 0.611. The first kappa shape index (κ1) is 17.8. The molecule has 5 nitrogen and oxygen atoms in total. The van der Waals surface area contributed by atoms with Crippen molar-refractivity contribution in [3.8, 4) is 0 Å². The first-order chi connectivity index (χ1) is 10.8. The highest BCUT2D eigenvalue weighted by Gasteiger charge is 2.58. The van der Waals surface area contributed by atoms with Gasteiger partial charge >= 0.3 is 6.03 Å². The van der Waals surface area contributed by atoms with Crippen LogP contribution in [-0.4, -0.2) is 47.9 Å². The van der Waals surface area contributed by atoms with Crippen molar-refractivity contribution in [1.82, 2.24) is 10.2 Å². The average Bonchev–Trinajstić information content (AvgIpc) is 2.54. The molecule has 1 fully saturated rings. The Balaban J connectivity index is 2.00. The Bertz CT molecular complexity index is 532. The quantitative estimate of drug-likeness (QED) is 0.846. The fourth-order valence-electron chi connectivity index (χ4n) is 3.14. The number of methoxy groups -OCH3 is 1. The Kier molecular flexibility index (Phi) is 5.32. The number of carbonyl (C=O) groups is 1. The predicted molar refractivity (Wildman–Crippen MR) is 90.1 cm³/mol. The molecule has 0 radical (unpaired) electrons. The molecule has 2 amide bonds. The van der Waals surface area contributed by atoms with Crippen LogP contribution in [-0.2, 0) is 11.3 Å². The van der Waals surface area contributed by atoms with E-state index in [9.17, 15) is 9.90 Å². The number of aliphatic hydroxyl groups is 1. The molecule has 1 aliphatic rings. The minimum absolute atomic E-state index is 0.0515. The summed E-state index contributed by atoms with van der Waals surface area (Å²) >= 11 is 0. The van der Waals surface area contributed by atoms with Gasteiger partial charge in [-0.1, -0.05) is 44.2 Å². The van der Waals surface area contributed by atoms with Crippen molar-refractivity contribution in [3.05, 3.63) is 35.9 Å². The Morgan fingerprint density at radius 1 is 1.35 bits per heavy atom. The maximum Gasteiger partial charge on any atom is 0.318 e. The number of hydrogen-bond acceptors (Lipinski definition) is 3. The summed E-state index contributed by atoms with van der Waals surface area (Å²) in [4.78, 5) is 14.2. The van der Waals surface area contributed by atoms with E-state index in [-0.39, 0.29) is 29.7 Å². The van der Waals surface area contributed by atoms with E-state index in [4.69, 9.17) is 4.74 Å². The third-order valence-electron chi connectivity index (χ3n) is 5.45. The van der Waals surface area contributed by atoms with E-state index in [1.54, 1.807) is 12.0 Å². The standard InChI is InChI=1S/C18H28N2O3/c1-17(2)15(12-18(17,3)23-4)19-16(22)20(10-11-21)13-14-8-6-5-7-9-14/h5-9,15,21H,10-13H2,1-4H3,(H,19,22). The van der Waals surface area contributed by atoms with E-state index in [0.29, 0.717) is 13.1 Å². The molecule has 0 spiro atoms. The lowest BCUT2D eigenvalue weighted by molar-refractivity contribution is -0.177. The van der Waals surface area contributed by atoms with Crippen LogP contribution in [0.4, 0.5) is 4.79 Å². The van der Waals surface area contributed by atoms with Gasteiger partial charge in [0.25, 0.3) is 0 Å². The highest BCUT2D eigenvalue weighted by atomic mass is 16.5. The van der Waals surface area contributed by atoms with Crippen LogP contribution in [0.15, 0.2) is 30.3 Å². The first-order valence-corrected chi connectivity index (χ1v) is 8.09. The molecule has 1 aliphatic carbocycles. The Morgan fingerprint density at radius 3 is 2.52 bits per heavy atom. The summed E-state index contributed by atoms with van der Waals surface area (Å²) in [5, 5.41) is 12.3. The average molecular weight is 320 g/mol. The Morgan fingerprint density at radius 2 is 2.00 bits per heavy atom. The van der Waals surface area contributed by atoms with Crippen LogP contribution < -0.4 is 5.32 Å². The van der Waals surface area contributed by atoms with Crippen LogP contribution in [0.1, 0.15) is 32.8 Å². The number of urea groups is 1. The molecule has 0 aromatic heterocycles. The maximum atomic E-state index is 12.6. The van der Waals surface area contributed by atoms with Gasteiger partial charge in [-0.3, -0.25) is 0 Å². The van der Waals surface area contributed by atoms with E-state index >= 15 is 0 Å². The van der Waals surface area contributed by atoms with Crippen molar-refractivity contribution < 1.29 is 14.6 Å². The third-order valence-corrected chi connectivity index (χ3v) is 5.45. The molecule has 2 N–H and O–H groups in total. The van der Waals surface area contributed by atoms with E-state index in [2.05, 4.69) is 26.1 Å². The number of nitrogens with zero attached hydrogens (tertiary/aromatic N) is 1. The molecule has 23 heavy (non-hydrogen) atoms. The van der Waals surface area contributed by atoms with Gasteiger partial charge in [0.15, 0.2) is 0 Å². The maximum absolute atomic E-state index is 12.6. The number of amides is 2. The number of aliphatic hydroxyl groups excluding tert-OH is 1. The van der Waals surface area contributed by atoms with Crippen LogP contribution in [0, 0.1) is 5.41 Å². The van der Waals surface area contributed by atoms with Gasteiger partial charge in [0.2, 0.25) is 0 Å². The molecule has 1 aromatic rings. The third kappa shape index (κ3) is 3.51.